The highest BCUT2D eigenvalue weighted by Gasteiger charge is 2.26. The van der Waals surface area contributed by atoms with Gasteiger partial charge in [-0.15, -0.1) is 0 Å². The van der Waals surface area contributed by atoms with E-state index in [1.54, 1.807) is 12.0 Å². The Labute approximate surface area is 143 Å². The van der Waals surface area contributed by atoms with Crippen molar-refractivity contribution in [1.82, 2.24) is 10.2 Å². The van der Waals surface area contributed by atoms with Crippen molar-refractivity contribution in [1.29, 1.82) is 0 Å². The molecule has 1 N–H and O–H groups in total. The van der Waals surface area contributed by atoms with Gasteiger partial charge in [0.25, 0.3) is 0 Å². The SMILES string of the molecule is CCN(CC)C(=O)CCNC(=O)[C@H]1COc2cc(OC)ccc2C1. The van der Waals surface area contributed by atoms with Crippen molar-refractivity contribution in [3.63, 3.8) is 0 Å². The molecule has 1 heterocycles. The Kier molecular flexibility index (Phi) is 6.46. The molecule has 132 valence electrons. The first-order valence-electron chi connectivity index (χ1n) is 8.44. The summed E-state index contributed by atoms with van der Waals surface area (Å²) in [6.07, 6.45) is 0.962. The first kappa shape index (κ1) is 18.1. The molecule has 1 aromatic carbocycles. The van der Waals surface area contributed by atoms with Crippen molar-refractivity contribution in [3.8, 4) is 11.5 Å². The third-order valence-corrected chi connectivity index (χ3v) is 4.31. The second-order valence-electron chi connectivity index (χ2n) is 5.79. The van der Waals surface area contributed by atoms with Crippen LogP contribution in [0.3, 0.4) is 0 Å². The van der Waals surface area contributed by atoms with Gasteiger partial charge in [-0.25, -0.2) is 0 Å². The van der Waals surface area contributed by atoms with Gasteiger partial charge in [-0.1, -0.05) is 6.07 Å². The summed E-state index contributed by atoms with van der Waals surface area (Å²) in [4.78, 5) is 26.0. The minimum absolute atomic E-state index is 0.0659. The van der Waals surface area contributed by atoms with Crippen LogP contribution in [0.1, 0.15) is 25.8 Å². The summed E-state index contributed by atoms with van der Waals surface area (Å²) >= 11 is 0. The molecule has 1 aliphatic rings. The topological polar surface area (TPSA) is 67.9 Å². The molecule has 6 heteroatoms. The van der Waals surface area contributed by atoms with Gasteiger partial charge in [0.1, 0.15) is 18.1 Å². The fraction of sp³-hybridized carbons (Fsp3) is 0.556. The molecule has 0 bridgehead atoms. The van der Waals surface area contributed by atoms with Crippen LogP contribution < -0.4 is 14.8 Å². The van der Waals surface area contributed by atoms with E-state index in [1.165, 1.54) is 0 Å². The molecule has 0 saturated carbocycles. The van der Waals surface area contributed by atoms with E-state index in [-0.39, 0.29) is 17.7 Å². The molecule has 1 aromatic rings. The summed E-state index contributed by atoms with van der Waals surface area (Å²) in [5.74, 6) is 1.29. The highest BCUT2D eigenvalue weighted by atomic mass is 16.5. The second-order valence-corrected chi connectivity index (χ2v) is 5.79. The van der Waals surface area contributed by atoms with Crippen LogP contribution in [0.5, 0.6) is 11.5 Å². The number of carbonyl (C=O) groups excluding carboxylic acids is 2. The van der Waals surface area contributed by atoms with Gasteiger partial charge in [0.2, 0.25) is 11.8 Å². The van der Waals surface area contributed by atoms with Crippen LogP contribution in [0, 0.1) is 5.92 Å². The zero-order chi connectivity index (χ0) is 17.5. The van der Waals surface area contributed by atoms with E-state index in [2.05, 4.69) is 5.32 Å². The smallest absolute Gasteiger partial charge is 0.226 e. The van der Waals surface area contributed by atoms with Crippen molar-refractivity contribution in [3.05, 3.63) is 23.8 Å². The van der Waals surface area contributed by atoms with Crippen molar-refractivity contribution in [2.45, 2.75) is 26.7 Å². The predicted octanol–water partition coefficient (Wildman–Crippen LogP) is 1.62. The summed E-state index contributed by atoms with van der Waals surface area (Å²) in [5.41, 5.74) is 1.00. The Morgan fingerprint density at radius 1 is 1.33 bits per heavy atom. The van der Waals surface area contributed by atoms with Gasteiger partial charge in [0, 0.05) is 32.1 Å². The Morgan fingerprint density at radius 2 is 2.08 bits per heavy atom. The van der Waals surface area contributed by atoms with E-state index < -0.39 is 0 Å². The first-order chi connectivity index (χ1) is 11.6. The van der Waals surface area contributed by atoms with Crippen LogP contribution >= 0.6 is 0 Å². The summed E-state index contributed by atoms with van der Waals surface area (Å²) in [6, 6.07) is 5.63. The Morgan fingerprint density at radius 3 is 2.75 bits per heavy atom. The molecule has 6 nitrogen and oxygen atoms in total. The van der Waals surface area contributed by atoms with Crippen LogP contribution in [0.15, 0.2) is 18.2 Å². The number of rotatable bonds is 7. The normalized spacial score (nSPS) is 15.9. The number of benzene rings is 1. The van der Waals surface area contributed by atoms with Crippen molar-refractivity contribution < 1.29 is 19.1 Å². The van der Waals surface area contributed by atoms with E-state index in [0.29, 0.717) is 39.1 Å². The lowest BCUT2D eigenvalue weighted by atomic mass is 9.96. The average molecular weight is 334 g/mol. The number of carbonyl (C=O) groups is 2. The Balaban J connectivity index is 1.82. The molecular weight excluding hydrogens is 308 g/mol. The maximum atomic E-state index is 12.3. The van der Waals surface area contributed by atoms with Gasteiger partial charge in [0.05, 0.1) is 13.0 Å². The van der Waals surface area contributed by atoms with Gasteiger partial charge >= 0.3 is 0 Å². The number of hydrogen-bond acceptors (Lipinski definition) is 4. The summed E-state index contributed by atoms with van der Waals surface area (Å²) in [5, 5.41) is 2.85. The van der Waals surface area contributed by atoms with Gasteiger partial charge in [-0.2, -0.15) is 0 Å². The van der Waals surface area contributed by atoms with Gasteiger partial charge < -0.3 is 19.7 Å². The largest absolute Gasteiger partial charge is 0.497 e. The maximum absolute atomic E-state index is 12.3. The molecule has 24 heavy (non-hydrogen) atoms. The lowest BCUT2D eigenvalue weighted by Gasteiger charge is -2.25. The zero-order valence-corrected chi connectivity index (χ0v) is 14.6. The van der Waals surface area contributed by atoms with Crippen LogP contribution in [0.2, 0.25) is 0 Å². The molecule has 0 saturated heterocycles. The maximum Gasteiger partial charge on any atom is 0.226 e. The first-order valence-corrected chi connectivity index (χ1v) is 8.44. The number of amides is 2. The van der Waals surface area contributed by atoms with E-state index in [0.717, 1.165) is 17.1 Å². The van der Waals surface area contributed by atoms with Gasteiger partial charge in [-0.3, -0.25) is 9.59 Å². The van der Waals surface area contributed by atoms with E-state index in [4.69, 9.17) is 9.47 Å². The van der Waals surface area contributed by atoms with Gasteiger partial charge in [0.15, 0.2) is 0 Å². The van der Waals surface area contributed by atoms with Crippen molar-refractivity contribution in [2.24, 2.45) is 5.92 Å². The molecular formula is C18H26N2O4. The quantitative estimate of drug-likeness (QED) is 0.823. The third-order valence-electron chi connectivity index (χ3n) is 4.31. The van der Waals surface area contributed by atoms with Crippen LogP contribution in [-0.2, 0) is 16.0 Å². The number of nitrogens with one attached hydrogen (secondary N) is 1. The fourth-order valence-electron chi connectivity index (χ4n) is 2.82. The molecule has 0 aliphatic carbocycles. The number of methoxy groups -OCH3 is 1. The minimum Gasteiger partial charge on any atom is -0.497 e. The molecule has 0 fully saturated rings. The minimum atomic E-state index is -0.227. The monoisotopic (exact) mass is 334 g/mol. The van der Waals surface area contributed by atoms with Crippen molar-refractivity contribution >= 4 is 11.8 Å². The predicted molar refractivity (Wildman–Crippen MR) is 91.2 cm³/mol. The average Bonchev–Trinajstić information content (AvgIpc) is 2.61. The molecule has 2 amide bonds. The zero-order valence-electron chi connectivity index (χ0n) is 14.6. The van der Waals surface area contributed by atoms with E-state index >= 15 is 0 Å². The lowest BCUT2D eigenvalue weighted by Crippen LogP contribution is -2.39. The van der Waals surface area contributed by atoms with Crippen molar-refractivity contribution in [2.75, 3.05) is 33.4 Å². The fourth-order valence-corrected chi connectivity index (χ4v) is 2.82. The Hall–Kier alpha value is -2.24. The summed E-state index contributed by atoms with van der Waals surface area (Å²) in [7, 11) is 1.61. The van der Waals surface area contributed by atoms with Crippen LogP contribution in [0.4, 0.5) is 0 Å². The van der Waals surface area contributed by atoms with Gasteiger partial charge in [-0.05, 0) is 31.9 Å². The third kappa shape index (κ3) is 4.40. The highest BCUT2D eigenvalue weighted by Crippen LogP contribution is 2.30. The number of nitrogens with zero attached hydrogens (tertiary/aromatic N) is 1. The van der Waals surface area contributed by atoms with E-state index in [1.807, 2.05) is 32.0 Å². The standard InChI is InChI=1S/C18H26N2O4/c1-4-20(5-2)17(21)8-9-19-18(22)14-10-13-6-7-15(23-3)11-16(13)24-12-14/h6-7,11,14H,4-5,8-10,12H2,1-3H3,(H,19,22)/t14-/m1/s1. The lowest BCUT2D eigenvalue weighted by molar-refractivity contribution is -0.131. The van der Waals surface area contributed by atoms with Crippen LogP contribution in [-0.4, -0.2) is 50.1 Å². The molecule has 1 aliphatic heterocycles. The molecule has 0 spiro atoms. The second kappa shape index (κ2) is 8.57. The molecule has 0 unspecified atom stereocenters. The van der Waals surface area contributed by atoms with E-state index in [9.17, 15) is 9.59 Å². The number of fused-ring (bicyclic) bond motifs is 1. The Bertz CT molecular complexity index is 584. The molecule has 1 atom stereocenters. The highest BCUT2D eigenvalue weighted by molar-refractivity contribution is 5.81. The molecule has 0 radical (unpaired) electrons. The summed E-state index contributed by atoms with van der Waals surface area (Å²) < 4.78 is 10.9. The number of hydrogen-bond donors (Lipinski definition) is 1. The van der Waals surface area contributed by atoms with Crippen LogP contribution in [0.25, 0.3) is 0 Å². The summed E-state index contributed by atoms with van der Waals surface area (Å²) in [6.45, 7) is 5.99. The molecule has 2 rings (SSSR count). The molecule has 0 aromatic heterocycles. The number of ether oxygens (including phenoxy) is 2.